The molecule has 5 aromatic carbocycles. The van der Waals surface area contributed by atoms with Crippen LogP contribution in [0.5, 0.6) is 0 Å². The number of pyridine rings is 1. The van der Waals surface area contributed by atoms with Gasteiger partial charge in [0.15, 0.2) is 11.6 Å². The van der Waals surface area contributed by atoms with E-state index in [0.29, 0.717) is 5.56 Å². The van der Waals surface area contributed by atoms with Gasteiger partial charge in [-0.25, -0.2) is 13.8 Å². The van der Waals surface area contributed by atoms with Gasteiger partial charge in [0.05, 0.1) is 28.5 Å². The van der Waals surface area contributed by atoms with Gasteiger partial charge in [-0.1, -0.05) is 66.7 Å². The van der Waals surface area contributed by atoms with E-state index in [9.17, 15) is 19.3 Å². The number of rotatable bonds is 3. The molecule has 0 aliphatic carbocycles. The number of nitriles is 2. The van der Waals surface area contributed by atoms with Gasteiger partial charge in [-0.15, -0.1) is 0 Å². The molecule has 2 aromatic heterocycles. The summed E-state index contributed by atoms with van der Waals surface area (Å²) in [6.45, 7) is 0. The highest BCUT2D eigenvalue weighted by atomic mass is 32.1. The first-order valence-electron chi connectivity index (χ1n) is 12.5. The molecule has 0 amide bonds. The third-order valence-electron chi connectivity index (χ3n) is 7.19. The Morgan fingerprint density at radius 3 is 2.12 bits per heavy atom. The van der Waals surface area contributed by atoms with Crippen molar-refractivity contribution < 1.29 is 8.78 Å². The van der Waals surface area contributed by atoms with E-state index in [4.69, 9.17) is 4.98 Å². The van der Waals surface area contributed by atoms with E-state index in [0.717, 1.165) is 61.2 Å². The fourth-order valence-corrected chi connectivity index (χ4v) is 5.74. The van der Waals surface area contributed by atoms with E-state index in [1.54, 1.807) is 18.2 Å². The first-order valence-corrected chi connectivity index (χ1v) is 13.3. The molecule has 7 rings (SSSR count). The van der Waals surface area contributed by atoms with Gasteiger partial charge in [-0.05, 0) is 41.0 Å². The number of nitrogens with zero attached hydrogens (tertiary/aromatic N) is 5. The number of fused-ring (bicyclic) bond motifs is 5. The summed E-state index contributed by atoms with van der Waals surface area (Å²) >= 11 is 1.18. The lowest BCUT2D eigenvalue weighted by atomic mass is 9.95. The third kappa shape index (κ3) is 3.89. The predicted octanol–water partition coefficient (Wildman–Crippen LogP) is 8.42. The Bertz CT molecular complexity index is 2250. The van der Waals surface area contributed by atoms with Gasteiger partial charge in [-0.2, -0.15) is 19.3 Å². The van der Waals surface area contributed by atoms with Crippen molar-refractivity contribution in [2.45, 2.75) is 0 Å². The minimum absolute atomic E-state index is 0.00825. The minimum atomic E-state index is -1.15. The van der Waals surface area contributed by atoms with Gasteiger partial charge in [0.2, 0.25) is 0 Å². The Kier molecular flexibility index (Phi) is 5.71. The standard InChI is InChI=1S/C33H15F2N5S/c34-30-22(16-36)14-25(31(35)26(30)17-37)19-8-6-18(7-9-19)21-10-11-23-28(15-21)38-32(20-4-2-1-3-5-20)24-12-13-27-33(29(23)24)40-41-39-27/h1-15H. The molecule has 192 valence electrons. The molecule has 0 saturated heterocycles. The summed E-state index contributed by atoms with van der Waals surface area (Å²) in [5.41, 5.74) is 5.33. The van der Waals surface area contributed by atoms with Crippen LogP contribution in [0.3, 0.4) is 0 Å². The van der Waals surface area contributed by atoms with Crippen LogP contribution in [0.1, 0.15) is 11.1 Å². The van der Waals surface area contributed by atoms with Crippen LogP contribution >= 0.6 is 11.7 Å². The maximum atomic E-state index is 14.9. The zero-order valence-electron chi connectivity index (χ0n) is 21.1. The van der Waals surface area contributed by atoms with E-state index in [-0.39, 0.29) is 11.1 Å². The minimum Gasteiger partial charge on any atom is -0.247 e. The molecule has 41 heavy (non-hydrogen) atoms. The van der Waals surface area contributed by atoms with Crippen LogP contribution in [0.2, 0.25) is 0 Å². The summed E-state index contributed by atoms with van der Waals surface area (Å²) in [5.74, 6) is -2.14. The van der Waals surface area contributed by atoms with Crippen molar-refractivity contribution in [3.63, 3.8) is 0 Å². The second kappa shape index (κ2) is 9.56. The van der Waals surface area contributed by atoms with E-state index in [1.807, 2.05) is 72.8 Å². The molecular formula is C33H15F2N5S. The summed E-state index contributed by atoms with van der Waals surface area (Å²) < 4.78 is 38.2. The van der Waals surface area contributed by atoms with Gasteiger partial charge in [0, 0.05) is 27.3 Å². The summed E-state index contributed by atoms with van der Waals surface area (Å²) in [5, 5.41) is 21.4. The Labute approximate surface area is 236 Å². The lowest BCUT2D eigenvalue weighted by Crippen LogP contribution is -1.98. The van der Waals surface area contributed by atoms with Crippen molar-refractivity contribution in [2.75, 3.05) is 0 Å². The van der Waals surface area contributed by atoms with Crippen LogP contribution in [0.4, 0.5) is 8.78 Å². The Balaban J connectivity index is 1.39. The van der Waals surface area contributed by atoms with E-state index in [2.05, 4.69) is 8.75 Å². The second-order valence-corrected chi connectivity index (χ2v) is 9.98. The molecule has 0 aliphatic heterocycles. The molecule has 7 aromatic rings. The summed E-state index contributed by atoms with van der Waals surface area (Å²) in [6, 6.07) is 31.4. The lowest BCUT2D eigenvalue weighted by Gasteiger charge is -2.12. The van der Waals surface area contributed by atoms with Gasteiger partial charge >= 0.3 is 0 Å². The van der Waals surface area contributed by atoms with Crippen LogP contribution in [-0.2, 0) is 0 Å². The highest BCUT2D eigenvalue weighted by Gasteiger charge is 2.20. The fourth-order valence-electron chi connectivity index (χ4n) is 5.20. The van der Waals surface area contributed by atoms with Crippen molar-refractivity contribution >= 4 is 44.4 Å². The molecule has 5 nitrogen and oxygen atoms in total. The maximum Gasteiger partial charge on any atom is 0.161 e. The predicted molar refractivity (Wildman–Crippen MR) is 156 cm³/mol. The van der Waals surface area contributed by atoms with Crippen molar-refractivity contribution in [3.05, 3.63) is 114 Å². The van der Waals surface area contributed by atoms with Crippen LogP contribution in [0.15, 0.2) is 91.0 Å². The number of benzene rings is 5. The highest BCUT2D eigenvalue weighted by Crippen LogP contribution is 2.38. The largest absolute Gasteiger partial charge is 0.247 e. The SMILES string of the molecule is N#Cc1cc(-c2ccc(-c3ccc4c(c3)nc(-c3ccccc3)c3ccc5nsnc5c34)cc2)c(F)c(C#N)c1F. The summed E-state index contributed by atoms with van der Waals surface area (Å²) in [6.07, 6.45) is 0. The molecule has 0 atom stereocenters. The molecule has 0 saturated carbocycles. The first-order chi connectivity index (χ1) is 20.1. The summed E-state index contributed by atoms with van der Waals surface area (Å²) in [7, 11) is 0. The number of aromatic nitrogens is 3. The molecule has 0 bridgehead atoms. The lowest BCUT2D eigenvalue weighted by molar-refractivity contribution is 0.576. The van der Waals surface area contributed by atoms with Crippen molar-refractivity contribution in [1.82, 2.24) is 13.7 Å². The zero-order valence-corrected chi connectivity index (χ0v) is 21.9. The Morgan fingerprint density at radius 1 is 0.634 bits per heavy atom. The number of hydrogen-bond acceptors (Lipinski definition) is 6. The molecule has 0 unspecified atom stereocenters. The summed E-state index contributed by atoms with van der Waals surface area (Å²) in [4.78, 5) is 5.08. The average molecular weight is 552 g/mol. The second-order valence-electron chi connectivity index (χ2n) is 9.45. The Hall–Kier alpha value is -5.57. The van der Waals surface area contributed by atoms with Gasteiger partial charge in [0.25, 0.3) is 0 Å². The number of hydrogen-bond donors (Lipinski definition) is 0. The topological polar surface area (TPSA) is 86.2 Å². The number of halogens is 2. The zero-order chi connectivity index (χ0) is 28.1. The van der Waals surface area contributed by atoms with Crippen molar-refractivity contribution in [2.24, 2.45) is 0 Å². The molecule has 0 spiro atoms. The molecule has 2 heterocycles. The van der Waals surface area contributed by atoms with Crippen LogP contribution in [0, 0.1) is 34.3 Å². The van der Waals surface area contributed by atoms with Crippen LogP contribution in [0.25, 0.3) is 66.2 Å². The highest BCUT2D eigenvalue weighted by molar-refractivity contribution is 7.00. The monoisotopic (exact) mass is 551 g/mol. The Morgan fingerprint density at radius 2 is 1.37 bits per heavy atom. The molecule has 8 heteroatoms. The van der Waals surface area contributed by atoms with E-state index < -0.39 is 17.2 Å². The molecular weight excluding hydrogens is 536 g/mol. The average Bonchev–Trinajstić information content (AvgIpc) is 3.51. The fraction of sp³-hybridized carbons (Fsp3) is 0. The van der Waals surface area contributed by atoms with Crippen LogP contribution in [-0.4, -0.2) is 13.7 Å². The first kappa shape index (κ1) is 24.5. The van der Waals surface area contributed by atoms with E-state index >= 15 is 0 Å². The van der Waals surface area contributed by atoms with E-state index in [1.165, 1.54) is 17.8 Å². The van der Waals surface area contributed by atoms with Gasteiger partial charge < -0.3 is 0 Å². The van der Waals surface area contributed by atoms with Gasteiger partial charge in [0.1, 0.15) is 28.7 Å². The van der Waals surface area contributed by atoms with Crippen molar-refractivity contribution in [1.29, 1.82) is 10.5 Å². The molecule has 0 aliphatic rings. The van der Waals surface area contributed by atoms with Crippen molar-refractivity contribution in [3.8, 4) is 45.6 Å². The van der Waals surface area contributed by atoms with Gasteiger partial charge in [-0.3, -0.25) is 0 Å². The molecule has 0 fully saturated rings. The third-order valence-corrected chi connectivity index (χ3v) is 7.73. The molecule has 0 N–H and O–H groups in total. The quantitative estimate of drug-likeness (QED) is 0.206. The maximum absolute atomic E-state index is 14.9. The smallest absolute Gasteiger partial charge is 0.161 e. The molecule has 0 radical (unpaired) electrons. The van der Waals surface area contributed by atoms with Crippen LogP contribution < -0.4 is 0 Å². The normalized spacial score (nSPS) is 11.1.